The van der Waals surface area contributed by atoms with Gasteiger partial charge >= 0.3 is 0 Å². The Bertz CT molecular complexity index is 1010. The van der Waals surface area contributed by atoms with Gasteiger partial charge in [0.2, 0.25) is 5.88 Å². The molecule has 1 unspecified atom stereocenters. The summed E-state index contributed by atoms with van der Waals surface area (Å²) < 4.78 is 8.26. The van der Waals surface area contributed by atoms with Crippen LogP contribution in [0.4, 0.5) is 0 Å². The molecule has 1 heterocycles. The Labute approximate surface area is 184 Å². The molecule has 0 amide bonds. The third-order valence-electron chi connectivity index (χ3n) is 5.67. The average Bonchev–Trinajstić information content (AvgIpc) is 3.54. The Balaban J connectivity index is 1.71. The molecule has 0 spiro atoms. The molecule has 1 fully saturated rings. The summed E-state index contributed by atoms with van der Waals surface area (Å²) in [7, 11) is 0. The summed E-state index contributed by atoms with van der Waals surface area (Å²) in [6.45, 7) is 9.76. The number of aliphatic hydroxyl groups is 1. The maximum atomic E-state index is 10.7. The van der Waals surface area contributed by atoms with Crippen molar-refractivity contribution in [2.24, 2.45) is 5.92 Å². The molecule has 1 aliphatic carbocycles. The SMILES string of the molecule is C=CC(C)(O)CN(Cc1c(C)nn(-c2ccccc2)c1Oc1ccccc1)CC1CC1. The van der Waals surface area contributed by atoms with Crippen LogP contribution < -0.4 is 4.74 Å². The van der Waals surface area contributed by atoms with Gasteiger partial charge in [-0.2, -0.15) is 5.10 Å². The van der Waals surface area contributed by atoms with E-state index in [-0.39, 0.29) is 0 Å². The fourth-order valence-corrected chi connectivity index (χ4v) is 3.76. The first-order valence-corrected chi connectivity index (χ1v) is 10.9. The third kappa shape index (κ3) is 5.43. The molecule has 162 valence electrons. The largest absolute Gasteiger partial charge is 0.439 e. The molecular formula is C26H31N3O2. The summed E-state index contributed by atoms with van der Waals surface area (Å²) in [5.41, 5.74) is 1.97. The summed E-state index contributed by atoms with van der Waals surface area (Å²) in [6, 6.07) is 19.8. The number of aryl methyl sites for hydroxylation is 1. The first kappa shape index (κ1) is 21.3. The van der Waals surface area contributed by atoms with E-state index in [9.17, 15) is 5.11 Å². The zero-order chi connectivity index (χ0) is 21.8. The molecule has 5 heteroatoms. The van der Waals surface area contributed by atoms with Crippen LogP contribution >= 0.6 is 0 Å². The molecule has 1 aliphatic rings. The van der Waals surface area contributed by atoms with E-state index in [1.807, 2.05) is 79.2 Å². The van der Waals surface area contributed by atoms with Crippen molar-refractivity contribution < 1.29 is 9.84 Å². The van der Waals surface area contributed by atoms with Gasteiger partial charge in [-0.05, 0) is 56.9 Å². The van der Waals surface area contributed by atoms with Gasteiger partial charge in [0.05, 0.1) is 22.5 Å². The molecule has 0 saturated heterocycles. The molecule has 1 saturated carbocycles. The van der Waals surface area contributed by atoms with Gasteiger partial charge in [-0.25, -0.2) is 4.68 Å². The van der Waals surface area contributed by atoms with Crippen LogP contribution in [0.3, 0.4) is 0 Å². The van der Waals surface area contributed by atoms with Crippen LogP contribution in [0, 0.1) is 12.8 Å². The van der Waals surface area contributed by atoms with E-state index in [0.717, 1.165) is 29.2 Å². The monoisotopic (exact) mass is 417 g/mol. The number of nitrogens with zero attached hydrogens (tertiary/aromatic N) is 3. The molecule has 0 bridgehead atoms. The minimum Gasteiger partial charge on any atom is -0.439 e. The van der Waals surface area contributed by atoms with Crippen LogP contribution in [-0.2, 0) is 6.54 Å². The van der Waals surface area contributed by atoms with Gasteiger partial charge in [-0.1, -0.05) is 42.5 Å². The summed E-state index contributed by atoms with van der Waals surface area (Å²) >= 11 is 0. The number of hydrogen-bond acceptors (Lipinski definition) is 4. The zero-order valence-corrected chi connectivity index (χ0v) is 18.4. The number of aromatic nitrogens is 2. The van der Waals surface area contributed by atoms with Gasteiger partial charge in [0.15, 0.2) is 0 Å². The lowest BCUT2D eigenvalue weighted by atomic mass is 10.1. The average molecular weight is 418 g/mol. The van der Waals surface area contributed by atoms with Crippen LogP contribution in [0.1, 0.15) is 31.0 Å². The van der Waals surface area contributed by atoms with E-state index in [1.54, 1.807) is 6.08 Å². The number of hydrogen-bond donors (Lipinski definition) is 1. The van der Waals surface area contributed by atoms with Crippen molar-refractivity contribution in [1.29, 1.82) is 0 Å². The predicted octanol–water partition coefficient (Wildman–Crippen LogP) is 5.12. The molecule has 4 rings (SSSR count). The first-order chi connectivity index (χ1) is 14.9. The Kier molecular flexibility index (Phi) is 6.25. The highest BCUT2D eigenvalue weighted by Gasteiger charge is 2.30. The second kappa shape index (κ2) is 9.08. The van der Waals surface area contributed by atoms with Crippen molar-refractivity contribution in [3.63, 3.8) is 0 Å². The van der Waals surface area contributed by atoms with E-state index in [4.69, 9.17) is 9.84 Å². The quantitative estimate of drug-likeness (QED) is 0.465. The van der Waals surface area contributed by atoms with Crippen LogP contribution in [0.15, 0.2) is 73.3 Å². The van der Waals surface area contributed by atoms with Crippen LogP contribution in [0.2, 0.25) is 0 Å². The smallest absolute Gasteiger partial charge is 0.227 e. The van der Waals surface area contributed by atoms with E-state index < -0.39 is 5.60 Å². The Hall–Kier alpha value is -2.89. The first-order valence-electron chi connectivity index (χ1n) is 10.9. The predicted molar refractivity (Wildman–Crippen MR) is 124 cm³/mol. The highest BCUT2D eigenvalue weighted by atomic mass is 16.5. The number of rotatable bonds is 10. The van der Waals surface area contributed by atoms with Gasteiger partial charge in [-0.15, -0.1) is 6.58 Å². The highest BCUT2D eigenvalue weighted by Crippen LogP contribution is 2.34. The summed E-state index contributed by atoms with van der Waals surface area (Å²) in [5, 5.41) is 15.5. The molecular weight excluding hydrogens is 386 g/mol. The van der Waals surface area contributed by atoms with Crippen LogP contribution in [0.5, 0.6) is 11.6 Å². The van der Waals surface area contributed by atoms with Crippen molar-refractivity contribution in [3.8, 4) is 17.3 Å². The van der Waals surface area contributed by atoms with E-state index in [2.05, 4.69) is 11.5 Å². The standard InChI is InChI=1S/C26H31N3O2/c1-4-26(3,30)19-28(17-21-15-16-21)18-24-20(2)27-29(22-11-7-5-8-12-22)25(24)31-23-13-9-6-10-14-23/h4-14,21,30H,1,15-19H2,2-3H3. The van der Waals surface area contributed by atoms with Crippen molar-refractivity contribution in [2.45, 2.75) is 38.8 Å². The Morgan fingerprint density at radius 3 is 2.42 bits per heavy atom. The van der Waals surface area contributed by atoms with E-state index in [1.165, 1.54) is 12.8 Å². The number of para-hydroxylation sites is 2. The molecule has 31 heavy (non-hydrogen) atoms. The van der Waals surface area contributed by atoms with Gasteiger partial charge < -0.3 is 9.84 Å². The lowest BCUT2D eigenvalue weighted by Gasteiger charge is -2.29. The minimum atomic E-state index is -0.946. The lowest BCUT2D eigenvalue weighted by Crippen LogP contribution is -2.40. The highest BCUT2D eigenvalue weighted by molar-refractivity contribution is 5.43. The molecule has 0 radical (unpaired) electrons. The third-order valence-corrected chi connectivity index (χ3v) is 5.67. The van der Waals surface area contributed by atoms with E-state index >= 15 is 0 Å². The second-order valence-electron chi connectivity index (χ2n) is 8.71. The summed E-state index contributed by atoms with van der Waals surface area (Å²) in [6.07, 6.45) is 4.12. The molecule has 1 atom stereocenters. The fourth-order valence-electron chi connectivity index (χ4n) is 3.76. The van der Waals surface area contributed by atoms with Gasteiger partial charge in [0.25, 0.3) is 0 Å². The molecule has 2 aromatic carbocycles. The Morgan fingerprint density at radius 2 is 1.81 bits per heavy atom. The van der Waals surface area contributed by atoms with Gasteiger partial charge in [0, 0.05) is 19.6 Å². The number of ether oxygens (including phenoxy) is 1. The van der Waals surface area contributed by atoms with Crippen LogP contribution in [0.25, 0.3) is 5.69 Å². The van der Waals surface area contributed by atoms with Crippen molar-refractivity contribution in [2.75, 3.05) is 13.1 Å². The summed E-state index contributed by atoms with van der Waals surface area (Å²) in [5.74, 6) is 2.19. The lowest BCUT2D eigenvalue weighted by molar-refractivity contribution is 0.0565. The minimum absolute atomic E-state index is 0.522. The zero-order valence-electron chi connectivity index (χ0n) is 18.4. The topological polar surface area (TPSA) is 50.5 Å². The summed E-state index contributed by atoms with van der Waals surface area (Å²) in [4.78, 5) is 2.30. The van der Waals surface area contributed by atoms with Gasteiger partial charge in [0.1, 0.15) is 5.75 Å². The van der Waals surface area contributed by atoms with Crippen molar-refractivity contribution in [3.05, 3.63) is 84.6 Å². The molecule has 1 N–H and O–H groups in total. The van der Waals surface area contributed by atoms with Crippen LogP contribution in [-0.4, -0.2) is 38.5 Å². The van der Waals surface area contributed by atoms with E-state index in [0.29, 0.717) is 24.9 Å². The molecule has 1 aromatic heterocycles. The Morgan fingerprint density at radius 1 is 1.16 bits per heavy atom. The molecule has 3 aromatic rings. The maximum absolute atomic E-state index is 10.7. The van der Waals surface area contributed by atoms with Crippen molar-refractivity contribution in [1.82, 2.24) is 14.7 Å². The molecule has 5 nitrogen and oxygen atoms in total. The van der Waals surface area contributed by atoms with Crippen molar-refractivity contribution >= 4 is 0 Å². The maximum Gasteiger partial charge on any atom is 0.227 e. The fraction of sp³-hybridized carbons (Fsp3) is 0.346. The second-order valence-corrected chi connectivity index (χ2v) is 8.71. The normalized spacial score (nSPS) is 15.6. The van der Waals surface area contributed by atoms with Gasteiger partial charge in [-0.3, -0.25) is 4.90 Å². The number of benzene rings is 2. The molecule has 0 aliphatic heterocycles.